The minimum Gasteiger partial charge on any atom is -0.489 e. The molecule has 0 saturated heterocycles. The number of aromatic nitrogens is 6. The van der Waals surface area contributed by atoms with Crippen molar-refractivity contribution >= 4 is 17.6 Å². The number of carboxylic acids is 1. The van der Waals surface area contributed by atoms with Gasteiger partial charge in [-0.1, -0.05) is 48.9 Å². The number of aromatic amines is 1. The van der Waals surface area contributed by atoms with E-state index in [1.54, 1.807) is 4.57 Å². The van der Waals surface area contributed by atoms with E-state index in [1.807, 2.05) is 56.3 Å². The molecule has 2 N–H and O–H groups in total. The highest BCUT2D eigenvalue weighted by Crippen LogP contribution is 2.25. The molecule has 0 atom stereocenters. The Morgan fingerprint density at radius 3 is 2.67 bits per heavy atom. The molecule has 0 aliphatic heterocycles. The van der Waals surface area contributed by atoms with Crippen LogP contribution in [0.15, 0.2) is 42.5 Å². The number of aromatic carboxylic acids is 1. The molecule has 0 aliphatic carbocycles. The van der Waals surface area contributed by atoms with Gasteiger partial charge in [0.05, 0.1) is 6.54 Å². The Morgan fingerprint density at radius 1 is 1.21 bits per heavy atom. The van der Waals surface area contributed by atoms with Gasteiger partial charge in [-0.05, 0) is 52.6 Å². The van der Waals surface area contributed by atoms with E-state index in [-0.39, 0.29) is 10.8 Å². The number of nitrogens with zero attached hydrogens (tertiary/aromatic N) is 5. The van der Waals surface area contributed by atoms with E-state index in [4.69, 9.17) is 16.3 Å². The van der Waals surface area contributed by atoms with Gasteiger partial charge in [0.1, 0.15) is 23.3 Å². The molecule has 4 aromatic rings. The SMILES string of the molecule is CCCc1nc(C(=O)O)c(Cl)n1Cc1ccc(OCc2cccc(-c3nnn[nH]3)c2C)cc1. The number of hydrogen-bond donors (Lipinski definition) is 2. The van der Waals surface area contributed by atoms with Gasteiger partial charge < -0.3 is 14.4 Å². The summed E-state index contributed by atoms with van der Waals surface area (Å²) in [7, 11) is 0. The standard InChI is InChI=1S/C23H23ClN6O3/c1-3-5-19-25-20(23(31)32)21(24)30(19)12-15-8-10-17(11-9-15)33-13-16-6-4-7-18(14(16)2)22-26-28-29-27-22/h4,6-11H,3,5,12-13H2,1-2H3,(H,31,32)(H,26,27,28,29). The highest BCUT2D eigenvalue weighted by Gasteiger charge is 2.20. The number of halogens is 1. The molecular formula is C23H23ClN6O3. The summed E-state index contributed by atoms with van der Waals surface area (Å²) in [6.45, 7) is 4.85. The van der Waals surface area contributed by atoms with Crippen LogP contribution in [-0.2, 0) is 19.6 Å². The average Bonchev–Trinajstić information content (AvgIpc) is 3.44. The van der Waals surface area contributed by atoms with Crippen LogP contribution in [0, 0.1) is 6.92 Å². The van der Waals surface area contributed by atoms with Gasteiger partial charge in [-0.3, -0.25) is 0 Å². The smallest absolute Gasteiger partial charge is 0.357 e. The summed E-state index contributed by atoms with van der Waals surface area (Å²) < 4.78 is 7.73. The fraction of sp³-hybridized carbons (Fsp3) is 0.261. The van der Waals surface area contributed by atoms with Gasteiger partial charge in [-0.2, -0.15) is 0 Å². The highest BCUT2D eigenvalue weighted by molar-refractivity contribution is 6.32. The van der Waals surface area contributed by atoms with Gasteiger partial charge in [0.25, 0.3) is 0 Å². The number of carbonyl (C=O) groups is 1. The third-order valence-electron chi connectivity index (χ3n) is 5.37. The summed E-state index contributed by atoms with van der Waals surface area (Å²) in [6, 6.07) is 13.6. The van der Waals surface area contributed by atoms with Crippen molar-refractivity contribution in [3.8, 4) is 17.1 Å². The molecule has 2 aromatic carbocycles. The molecule has 4 rings (SSSR count). The number of carboxylic acid groups (broad SMARTS) is 1. The number of benzene rings is 2. The second-order valence-electron chi connectivity index (χ2n) is 7.58. The Hall–Kier alpha value is -3.72. The molecule has 0 fully saturated rings. The van der Waals surface area contributed by atoms with Gasteiger partial charge >= 0.3 is 5.97 Å². The number of hydrogen-bond acceptors (Lipinski definition) is 6. The first-order valence-corrected chi connectivity index (χ1v) is 10.9. The number of aryl methyl sites for hydroxylation is 1. The maximum Gasteiger partial charge on any atom is 0.357 e. The van der Waals surface area contributed by atoms with Crippen molar-refractivity contribution in [2.45, 2.75) is 39.8 Å². The number of nitrogens with one attached hydrogen (secondary N) is 1. The van der Waals surface area contributed by atoms with E-state index >= 15 is 0 Å². The van der Waals surface area contributed by atoms with Crippen molar-refractivity contribution in [2.24, 2.45) is 0 Å². The Labute approximate surface area is 195 Å². The summed E-state index contributed by atoms with van der Waals surface area (Å²) >= 11 is 6.30. The Morgan fingerprint density at radius 2 is 2.00 bits per heavy atom. The monoisotopic (exact) mass is 466 g/mol. The summed E-state index contributed by atoms with van der Waals surface area (Å²) in [5, 5.41) is 23.5. The quantitative estimate of drug-likeness (QED) is 0.377. The second-order valence-corrected chi connectivity index (χ2v) is 7.94. The topological polar surface area (TPSA) is 119 Å². The van der Waals surface area contributed by atoms with E-state index in [9.17, 15) is 9.90 Å². The predicted octanol–water partition coefficient (Wildman–Crippen LogP) is 4.30. The summed E-state index contributed by atoms with van der Waals surface area (Å²) in [5.74, 6) is 0.878. The van der Waals surface area contributed by atoms with Crippen LogP contribution in [-0.4, -0.2) is 41.3 Å². The molecule has 170 valence electrons. The lowest BCUT2D eigenvalue weighted by Gasteiger charge is -2.12. The van der Waals surface area contributed by atoms with Crippen molar-refractivity contribution in [2.75, 3.05) is 0 Å². The number of tetrazole rings is 1. The second kappa shape index (κ2) is 9.83. The number of ether oxygens (including phenoxy) is 1. The lowest BCUT2D eigenvalue weighted by molar-refractivity contribution is 0.0691. The molecule has 0 bridgehead atoms. The molecule has 9 nitrogen and oxygen atoms in total. The van der Waals surface area contributed by atoms with E-state index < -0.39 is 5.97 Å². The average molecular weight is 467 g/mol. The first-order valence-electron chi connectivity index (χ1n) is 10.5. The molecule has 0 spiro atoms. The maximum absolute atomic E-state index is 11.4. The molecule has 0 saturated carbocycles. The third-order valence-corrected chi connectivity index (χ3v) is 5.75. The summed E-state index contributed by atoms with van der Waals surface area (Å²) in [4.78, 5) is 15.6. The van der Waals surface area contributed by atoms with Crippen molar-refractivity contribution in [3.63, 3.8) is 0 Å². The maximum atomic E-state index is 11.4. The van der Waals surface area contributed by atoms with E-state index in [2.05, 4.69) is 25.6 Å². The van der Waals surface area contributed by atoms with Gasteiger partial charge in [-0.15, -0.1) is 5.10 Å². The Balaban J connectivity index is 1.46. The lowest BCUT2D eigenvalue weighted by Crippen LogP contribution is -2.06. The number of rotatable bonds is 9. The summed E-state index contributed by atoms with van der Waals surface area (Å²) in [5.41, 5.74) is 3.85. The fourth-order valence-electron chi connectivity index (χ4n) is 3.59. The van der Waals surface area contributed by atoms with Crippen LogP contribution in [0.1, 0.15) is 46.3 Å². The molecule has 2 aromatic heterocycles. The molecule has 0 unspecified atom stereocenters. The van der Waals surface area contributed by atoms with E-state index in [0.29, 0.717) is 31.2 Å². The normalized spacial score (nSPS) is 11.0. The Kier molecular flexibility index (Phi) is 6.69. The summed E-state index contributed by atoms with van der Waals surface area (Å²) in [6.07, 6.45) is 1.49. The van der Waals surface area contributed by atoms with Crippen LogP contribution >= 0.6 is 11.6 Å². The molecule has 0 aliphatic rings. The van der Waals surface area contributed by atoms with Crippen LogP contribution in [0.2, 0.25) is 5.15 Å². The molecule has 10 heteroatoms. The number of imidazole rings is 1. The zero-order valence-electron chi connectivity index (χ0n) is 18.2. The van der Waals surface area contributed by atoms with Crippen molar-refractivity contribution < 1.29 is 14.6 Å². The van der Waals surface area contributed by atoms with Crippen molar-refractivity contribution in [1.29, 1.82) is 0 Å². The minimum absolute atomic E-state index is 0.112. The lowest BCUT2D eigenvalue weighted by atomic mass is 10.0. The predicted molar refractivity (Wildman–Crippen MR) is 122 cm³/mol. The molecule has 0 amide bonds. The van der Waals surface area contributed by atoms with Crippen LogP contribution in [0.5, 0.6) is 5.75 Å². The van der Waals surface area contributed by atoms with Crippen LogP contribution < -0.4 is 4.74 Å². The van der Waals surface area contributed by atoms with Crippen molar-refractivity contribution in [1.82, 2.24) is 30.2 Å². The fourth-order valence-corrected chi connectivity index (χ4v) is 3.87. The van der Waals surface area contributed by atoms with Crippen LogP contribution in [0.3, 0.4) is 0 Å². The zero-order chi connectivity index (χ0) is 23.4. The van der Waals surface area contributed by atoms with Crippen LogP contribution in [0.4, 0.5) is 0 Å². The third kappa shape index (κ3) is 4.88. The van der Waals surface area contributed by atoms with E-state index in [0.717, 1.165) is 34.4 Å². The molecule has 0 radical (unpaired) electrons. The van der Waals surface area contributed by atoms with E-state index in [1.165, 1.54) is 0 Å². The molecule has 33 heavy (non-hydrogen) atoms. The van der Waals surface area contributed by atoms with Gasteiger partial charge in [0.15, 0.2) is 11.5 Å². The van der Waals surface area contributed by atoms with Gasteiger partial charge in [-0.25, -0.2) is 14.9 Å². The first-order chi connectivity index (χ1) is 16.0. The van der Waals surface area contributed by atoms with Gasteiger partial charge in [0, 0.05) is 12.0 Å². The van der Waals surface area contributed by atoms with Crippen molar-refractivity contribution in [3.05, 3.63) is 75.8 Å². The number of H-pyrrole nitrogens is 1. The Bertz CT molecular complexity index is 1250. The largest absolute Gasteiger partial charge is 0.489 e. The zero-order valence-corrected chi connectivity index (χ0v) is 19.0. The van der Waals surface area contributed by atoms with Crippen LogP contribution in [0.25, 0.3) is 11.4 Å². The van der Waals surface area contributed by atoms with Gasteiger partial charge in [0.2, 0.25) is 0 Å². The first kappa shape index (κ1) is 22.5. The molecular weight excluding hydrogens is 444 g/mol. The molecule has 2 heterocycles. The highest BCUT2D eigenvalue weighted by atomic mass is 35.5. The minimum atomic E-state index is -1.13.